The predicted octanol–water partition coefficient (Wildman–Crippen LogP) is 5.13. The van der Waals surface area contributed by atoms with Gasteiger partial charge >= 0.3 is 0 Å². The van der Waals surface area contributed by atoms with E-state index in [-0.39, 0.29) is 11.9 Å². The van der Waals surface area contributed by atoms with E-state index in [2.05, 4.69) is 24.3 Å². The second-order valence-corrected chi connectivity index (χ2v) is 5.14. The molecule has 0 bridgehead atoms. The number of halogens is 1. The molecule has 0 amide bonds. The second-order valence-electron chi connectivity index (χ2n) is 5.14. The normalized spacial score (nSPS) is 10.8. The summed E-state index contributed by atoms with van der Waals surface area (Å²) in [5.74, 6) is -0.230. The van der Waals surface area contributed by atoms with Crippen LogP contribution in [0.2, 0.25) is 0 Å². The summed E-state index contributed by atoms with van der Waals surface area (Å²) < 4.78 is 19.1. The summed E-state index contributed by atoms with van der Waals surface area (Å²) in [6.07, 6.45) is -0.132. The van der Waals surface area contributed by atoms with Gasteiger partial charge in [0.1, 0.15) is 11.9 Å². The highest BCUT2D eigenvalue weighted by atomic mass is 19.1. The molecule has 0 atom stereocenters. The van der Waals surface area contributed by atoms with Crippen molar-refractivity contribution in [3.63, 3.8) is 0 Å². The number of benzene rings is 3. The molecule has 2 heteroatoms. The fourth-order valence-electron chi connectivity index (χ4n) is 2.40. The number of ether oxygens (including phenoxy) is 1. The minimum atomic E-state index is -0.230. The van der Waals surface area contributed by atoms with Crippen molar-refractivity contribution in [3.05, 3.63) is 107 Å². The Kier molecular flexibility index (Phi) is 4.62. The molecule has 0 fully saturated rings. The van der Waals surface area contributed by atoms with Crippen molar-refractivity contribution in [1.29, 1.82) is 0 Å². The van der Waals surface area contributed by atoms with Crippen LogP contribution in [0.5, 0.6) is 0 Å². The highest BCUT2D eigenvalue weighted by Crippen LogP contribution is 2.26. The molecule has 0 N–H and O–H groups in total. The van der Waals surface area contributed by atoms with Crippen molar-refractivity contribution in [2.24, 2.45) is 0 Å². The van der Waals surface area contributed by atoms with E-state index in [9.17, 15) is 4.39 Å². The molecule has 0 aliphatic heterocycles. The van der Waals surface area contributed by atoms with Crippen LogP contribution in [-0.4, -0.2) is 0 Å². The molecular weight excluding hydrogens is 275 g/mol. The first-order valence-corrected chi connectivity index (χ1v) is 7.29. The molecule has 3 rings (SSSR count). The van der Waals surface area contributed by atoms with Gasteiger partial charge in [-0.05, 0) is 28.8 Å². The number of rotatable bonds is 5. The third-order valence-electron chi connectivity index (χ3n) is 3.53. The Hall–Kier alpha value is -2.45. The van der Waals surface area contributed by atoms with Crippen LogP contribution in [0.3, 0.4) is 0 Å². The van der Waals surface area contributed by atoms with Crippen molar-refractivity contribution in [3.8, 4) is 0 Å². The third-order valence-corrected chi connectivity index (χ3v) is 3.53. The van der Waals surface area contributed by atoms with Crippen LogP contribution in [0.15, 0.2) is 84.9 Å². The van der Waals surface area contributed by atoms with E-state index < -0.39 is 0 Å². The first-order valence-electron chi connectivity index (χ1n) is 7.29. The van der Waals surface area contributed by atoms with Gasteiger partial charge < -0.3 is 4.74 Å². The van der Waals surface area contributed by atoms with E-state index >= 15 is 0 Å². The minimum absolute atomic E-state index is 0.132. The molecule has 3 aromatic carbocycles. The van der Waals surface area contributed by atoms with Gasteiger partial charge in [-0.1, -0.05) is 72.8 Å². The lowest BCUT2D eigenvalue weighted by Crippen LogP contribution is -2.06. The molecule has 0 unspecified atom stereocenters. The molecule has 1 nitrogen and oxygen atoms in total. The molecule has 0 saturated carbocycles. The molecule has 0 aromatic heterocycles. The van der Waals surface area contributed by atoms with Gasteiger partial charge in [0, 0.05) is 0 Å². The van der Waals surface area contributed by atoms with Crippen molar-refractivity contribution in [2.45, 2.75) is 12.7 Å². The lowest BCUT2D eigenvalue weighted by molar-refractivity contribution is 0.0667. The van der Waals surface area contributed by atoms with E-state index in [0.717, 1.165) is 16.7 Å². The van der Waals surface area contributed by atoms with Crippen LogP contribution in [0.1, 0.15) is 22.8 Å². The van der Waals surface area contributed by atoms with Crippen molar-refractivity contribution in [1.82, 2.24) is 0 Å². The Morgan fingerprint density at radius 2 is 1.18 bits per heavy atom. The summed E-state index contributed by atoms with van der Waals surface area (Å²) in [7, 11) is 0. The molecule has 0 spiro atoms. The number of hydrogen-bond acceptors (Lipinski definition) is 1. The summed E-state index contributed by atoms with van der Waals surface area (Å²) in [6.45, 7) is 0.439. The highest BCUT2D eigenvalue weighted by molar-refractivity contribution is 5.30. The Labute approximate surface area is 130 Å². The lowest BCUT2D eigenvalue weighted by Gasteiger charge is -2.19. The number of hydrogen-bond donors (Lipinski definition) is 0. The zero-order valence-electron chi connectivity index (χ0n) is 12.2. The van der Waals surface area contributed by atoms with Crippen molar-refractivity contribution in [2.75, 3.05) is 0 Å². The molecule has 0 saturated heterocycles. The summed E-state index contributed by atoms with van der Waals surface area (Å²) in [5, 5.41) is 0. The van der Waals surface area contributed by atoms with Crippen LogP contribution in [0.25, 0.3) is 0 Å². The molecule has 0 aliphatic rings. The van der Waals surface area contributed by atoms with Crippen molar-refractivity contribution < 1.29 is 9.13 Å². The van der Waals surface area contributed by atoms with E-state index in [0.29, 0.717) is 6.61 Å². The summed E-state index contributed by atoms with van der Waals surface area (Å²) in [5.41, 5.74) is 3.17. The maximum absolute atomic E-state index is 13.0. The van der Waals surface area contributed by atoms with Gasteiger partial charge in [-0.15, -0.1) is 0 Å². The first kappa shape index (κ1) is 14.5. The topological polar surface area (TPSA) is 9.23 Å². The SMILES string of the molecule is Fc1ccc(COC(c2ccccc2)c2ccccc2)cc1. The van der Waals surface area contributed by atoms with Gasteiger partial charge in [0.2, 0.25) is 0 Å². The fraction of sp³-hybridized carbons (Fsp3) is 0.100. The molecule has 110 valence electrons. The van der Waals surface area contributed by atoms with Gasteiger partial charge in [-0.2, -0.15) is 0 Å². The maximum Gasteiger partial charge on any atom is 0.123 e. The Balaban J connectivity index is 1.81. The average molecular weight is 292 g/mol. The maximum atomic E-state index is 13.0. The molecule has 0 radical (unpaired) electrons. The zero-order chi connectivity index (χ0) is 15.2. The average Bonchev–Trinajstić information content (AvgIpc) is 2.59. The Morgan fingerprint density at radius 1 is 0.682 bits per heavy atom. The summed E-state index contributed by atoms with van der Waals surface area (Å²) >= 11 is 0. The Morgan fingerprint density at radius 3 is 1.68 bits per heavy atom. The van der Waals surface area contributed by atoms with Crippen LogP contribution in [-0.2, 0) is 11.3 Å². The van der Waals surface area contributed by atoms with Crippen LogP contribution >= 0.6 is 0 Å². The standard InChI is InChI=1S/C20H17FO/c21-19-13-11-16(12-14-19)15-22-20(17-7-3-1-4-8-17)18-9-5-2-6-10-18/h1-14,20H,15H2. The lowest BCUT2D eigenvalue weighted by atomic mass is 10.0. The minimum Gasteiger partial charge on any atom is -0.364 e. The van der Waals surface area contributed by atoms with Gasteiger partial charge in [0.25, 0.3) is 0 Å². The molecular formula is C20H17FO. The van der Waals surface area contributed by atoms with Crippen LogP contribution < -0.4 is 0 Å². The van der Waals surface area contributed by atoms with Crippen molar-refractivity contribution >= 4 is 0 Å². The van der Waals surface area contributed by atoms with Crippen LogP contribution in [0.4, 0.5) is 4.39 Å². The van der Waals surface area contributed by atoms with Crippen LogP contribution in [0, 0.1) is 5.82 Å². The Bertz CT molecular complexity index is 653. The molecule has 3 aromatic rings. The summed E-state index contributed by atoms with van der Waals surface area (Å²) in [4.78, 5) is 0. The second kappa shape index (κ2) is 7.01. The van der Waals surface area contributed by atoms with Gasteiger partial charge in [0.15, 0.2) is 0 Å². The molecule has 22 heavy (non-hydrogen) atoms. The molecule has 0 heterocycles. The fourth-order valence-corrected chi connectivity index (χ4v) is 2.40. The predicted molar refractivity (Wildman–Crippen MR) is 85.9 cm³/mol. The van der Waals surface area contributed by atoms with E-state index in [1.165, 1.54) is 12.1 Å². The molecule has 0 aliphatic carbocycles. The third kappa shape index (κ3) is 3.60. The zero-order valence-corrected chi connectivity index (χ0v) is 12.2. The van der Waals surface area contributed by atoms with E-state index in [4.69, 9.17) is 4.74 Å². The van der Waals surface area contributed by atoms with Gasteiger partial charge in [0.05, 0.1) is 6.61 Å². The first-order chi connectivity index (χ1) is 10.8. The van der Waals surface area contributed by atoms with E-state index in [1.54, 1.807) is 12.1 Å². The largest absolute Gasteiger partial charge is 0.364 e. The van der Waals surface area contributed by atoms with Gasteiger partial charge in [-0.3, -0.25) is 0 Å². The van der Waals surface area contributed by atoms with E-state index in [1.807, 2.05) is 36.4 Å². The summed E-state index contributed by atoms with van der Waals surface area (Å²) in [6, 6.07) is 26.7. The van der Waals surface area contributed by atoms with Gasteiger partial charge in [-0.25, -0.2) is 4.39 Å². The highest BCUT2D eigenvalue weighted by Gasteiger charge is 2.14. The monoisotopic (exact) mass is 292 g/mol. The quantitative estimate of drug-likeness (QED) is 0.633. The smallest absolute Gasteiger partial charge is 0.123 e.